The Hall–Kier alpha value is -1.96. The van der Waals surface area contributed by atoms with Crippen molar-refractivity contribution in [1.82, 2.24) is 4.98 Å². The normalized spacial score (nSPS) is 19.1. The summed E-state index contributed by atoms with van der Waals surface area (Å²) in [7, 11) is 3.54. The molecule has 1 unspecified atom stereocenters. The third kappa shape index (κ3) is 5.10. The van der Waals surface area contributed by atoms with E-state index >= 15 is 0 Å². The highest BCUT2D eigenvalue weighted by Crippen LogP contribution is 2.46. The lowest BCUT2D eigenvalue weighted by atomic mass is 9.77. The SMILES string of the molecule is COC(=O)c1c(CCN(C)c2ccc(C)nc2)sc(C(C)C2CCC3(CC2)OCCO3)c1C. The van der Waals surface area contributed by atoms with Gasteiger partial charge in [0.05, 0.1) is 37.8 Å². The van der Waals surface area contributed by atoms with Crippen molar-refractivity contribution in [3.63, 3.8) is 0 Å². The van der Waals surface area contributed by atoms with E-state index in [2.05, 4.69) is 36.8 Å². The van der Waals surface area contributed by atoms with Crippen molar-refractivity contribution in [3.05, 3.63) is 44.9 Å². The Labute approximate surface area is 201 Å². The zero-order chi connectivity index (χ0) is 23.6. The van der Waals surface area contributed by atoms with E-state index in [1.165, 1.54) is 12.0 Å². The summed E-state index contributed by atoms with van der Waals surface area (Å²) in [5, 5.41) is 0. The third-order valence-corrected chi connectivity index (χ3v) is 8.94. The zero-order valence-corrected chi connectivity index (χ0v) is 21.3. The highest BCUT2D eigenvalue weighted by atomic mass is 32.1. The number of pyridine rings is 1. The van der Waals surface area contributed by atoms with Crippen LogP contribution >= 0.6 is 11.3 Å². The van der Waals surface area contributed by atoms with Gasteiger partial charge in [-0.25, -0.2) is 4.79 Å². The molecular weight excluding hydrogens is 436 g/mol. The molecule has 2 aromatic heterocycles. The van der Waals surface area contributed by atoms with Crippen LogP contribution in [0.3, 0.4) is 0 Å². The molecule has 0 radical (unpaired) electrons. The first-order valence-electron chi connectivity index (χ1n) is 12.0. The Morgan fingerprint density at radius 3 is 2.58 bits per heavy atom. The van der Waals surface area contributed by atoms with E-state index < -0.39 is 0 Å². The van der Waals surface area contributed by atoms with E-state index in [-0.39, 0.29) is 11.8 Å². The summed E-state index contributed by atoms with van der Waals surface area (Å²) in [5.41, 5.74) is 3.93. The lowest BCUT2D eigenvalue weighted by Gasteiger charge is -2.37. The standard InChI is InChI=1S/C26H36N2O4S/c1-17-6-7-21(16-27-17)28(4)13-10-22-23(25(29)30-5)19(3)24(33-22)18(2)20-8-11-26(12-9-20)31-14-15-32-26/h6-7,16,18,20H,8-15H2,1-5H3. The Morgan fingerprint density at radius 2 is 1.97 bits per heavy atom. The number of hydrogen-bond donors (Lipinski definition) is 0. The molecule has 0 bridgehead atoms. The number of anilines is 1. The van der Waals surface area contributed by atoms with Crippen molar-refractivity contribution < 1.29 is 19.0 Å². The smallest absolute Gasteiger partial charge is 0.339 e. The lowest BCUT2D eigenvalue weighted by Crippen LogP contribution is -2.36. The molecule has 2 fully saturated rings. The summed E-state index contributed by atoms with van der Waals surface area (Å²) in [4.78, 5) is 21.7. The molecule has 0 N–H and O–H groups in total. The highest BCUT2D eigenvalue weighted by molar-refractivity contribution is 7.12. The number of ether oxygens (including phenoxy) is 3. The number of thiophene rings is 1. The fraction of sp³-hybridized carbons (Fsp3) is 0.615. The van der Waals surface area contributed by atoms with E-state index in [1.807, 2.05) is 19.2 Å². The quantitative estimate of drug-likeness (QED) is 0.512. The van der Waals surface area contributed by atoms with Crippen LogP contribution < -0.4 is 4.90 Å². The van der Waals surface area contributed by atoms with Gasteiger partial charge in [-0.2, -0.15) is 0 Å². The second-order valence-electron chi connectivity index (χ2n) is 9.44. The van der Waals surface area contributed by atoms with Gasteiger partial charge in [-0.15, -0.1) is 11.3 Å². The van der Waals surface area contributed by atoms with Crippen LogP contribution in [0.4, 0.5) is 5.69 Å². The summed E-state index contributed by atoms with van der Waals surface area (Å²) in [6, 6.07) is 4.11. The van der Waals surface area contributed by atoms with E-state index in [0.717, 1.165) is 66.0 Å². The molecule has 2 aliphatic rings. The molecule has 33 heavy (non-hydrogen) atoms. The molecule has 0 amide bonds. The Bertz CT molecular complexity index is 955. The van der Waals surface area contributed by atoms with Gasteiger partial charge >= 0.3 is 5.97 Å². The predicted octanol–water partition coefficient (Wildman–Crippen LogP) is 5.26. The van der Waals surface area contributed by atoms with Crippen molar-refractivity contribution in [2.75, 3.05) is 38.8 Å². The highest BCUT2D eigenvalue weighted by Gasteiger charge is 2.42. The van der Waals surface area contributed by atoms with E-state index in [4.69, 9.17) is 14.2 Å². The molecule has 7 heteroatoms. The second kappa shape index (κ2) is 10.1. The van der Waals surface area contributed by atoms with Gasteiger partial charge in [0.15, 0.2) is 5.79 Å². The molecule has 2 aromatic rings. The number of carbonyl (C=O) groups excluding carboxylic acids is 1. The topological polar surface area (TPSA) is 60.9 Å². The molecule has 1 spiro atoms. The minimum Gasteiger partial charge on any atom is -0.465 e. The first-order chi connectivity index (χ1) is 15.8. The van der Waals surface area contributed by atoms with Gasteiger partial charge in [-0.1, -0.05) is 6.92 Å². The molecule has 1 aliphatic carbocycles. The summed E-state index contributed by atoms with van der Waals surface area (Å²) in [6.45, 7) is 8.62. The maximum absolute atomic E-state index is 12.7. The van der Waals surface area contributed by atoms with Gasteiger partial charge in [0.2, 0.25) is 0 Å². The minimum absolute atomic E-state index is 0.229. The Balaban J connectivity index is 1.49. The van der Waals surface area contributed by atoms with Gasteiger partial charge in [-0.3, -0.25) is 4.98 Å². The van der Waals surface area contributed by atoms with Gasteiger partial charge in [0.1, 0.15) is 0 Å². The van der Waals surface area contributed by atoms with Crippen molar-refractivity contribution in [2.24, 2.45) is 5.92 Å². The fourth-order valence-electron chi connectivity index (χ4n) is 5.24. The first-order valence-corrected chi connectivity index (χ1v) is 12.8. The monoisotopic (exact) mass is 472 g/mol. The number of hydrogen-bond acceptors (Lipinski definition) is 7. The number of aryl methyl sites for hydroxylation is 1. The van der Waals surface area contributed by atoms with Gasteiger partial charge in [-0.05, 0) is 56.2 Å². The number of esters is 1. The molecule has 180 valence electrons. The maximum atomic E-state index is 12.7. The molecule has 6 nitrogen and oxygen atoms in total. The number of nitrogens with zero attached hydrogens (tertiary/aromatic N) is 2. The largest absolute Gasteiger partial charge is 0.465 e. The molecule has 1 atom stereocenters. The van der Waals surface area contributed by atoms with Crippen LogP contribution in [-0.2, 0) is 20.6 Å². The molecule has 1 saturated heterocycles. The second-order valence-corrected chi connectivity index (χ2v) is 10.6. The van der Waals surface area contributed by atoms with Gasteiger partial charge in [0.25, 0.3) is 0 Å². The Morgan fingerprint density at radius 1 is 1.27 bits per heavy atom. The lowest BCUT2D eigenvalue weighted by molar-refractivity contribution is -0.183. The zero-order valence-electron chi connectivity index (χ0n) is 20.5. The van der Waals surface area contributed by atoms with Crippen LogP contribution in [-0.4, -0.2) is 50.7 Å². The number of carbonyl (C=O) groups is 1. The van der Waals surface area contributed by atoms with Gasteiger partial charge in [0, 0.05) is 48.3 Å². The molecule has 3 heterocycles. The summed E-state index contributed by atoms with van der Waals surface area (Å²) in [6.07, 6.45) is 6.78. The summed E-state index contributed by atoms with van der Waals surface area (Å²) < 4.78 is 17.0. The van der Waals surface area contributed by atoms with Crippen molar-refractivity contribution in [2.45, 2.75) is 64.6 Å². The van der Waals surface area contributed by atoms with Crippen molar-refractivity contribution in [3.8, 4) is 0 Å². The molecule has 1 saturated carbocycles. The number of likely N-dealkylation sites (N-methyl/N-ethyl adjacent to an activating group) is 1. The van der Waals surface area contributed by atoms with Gasteiger partial charge < -0.3 is 19.1 Å². The van der Waals surface area contributed by atoms with Crippen LogP contribution in [0.2, 0.25) is 0 Å². The molecular formula is C26H36N2O4S. The van der Waals surface area contributed by atoms with Crippen LogP contribution in [0.15, 0.2) is 18.3 Å². The average Bonchev–Trinajstić information content (AvgIpc) is 3.41. The van der Waals surface area contributed by atoms with Crippen LogP contribution in [0.5, 0.6) is 0 Å². The minimum atomic E-state index is -0.335. The predicted molar refractivity (Wildman–Crippen MR) is 131 cm³/mol. The van der Waals surface area contributed by atoms with Crippen molar-refractivity contribution in [1.29, 1.82) is 0 Å². The average molecular weight is 473 g/mol. The first kappa shape index (κ1) is 24.2. The Kier molecular flexibility index (Phi) is 7.41. The number of aromatic nitrogens is 1. The molecule has 4 rings (SSSR count). The van der Waals surface area contributed by atoms with Crippen LogP contribution in [0.1, 0.15) is 69.9 Å². The molecule has 1 aliphatic heterocycles. The maximum Gasteiger partial charge on any atom is 0.339 e. The summed E-state index contributed by atoms with van der Waals surface area (Å²) in [5.74, 6) is 0.399. The summed E-state index contributed by atoms with van der Waals surface area (Å²) >= 11 is 1.79. The number of rotatable bonds is 7. The van der Waals surface area contributed by atoms with Crippen LogP contribution in [0, 0.1) is 19.8 Å². The molecule has 0 aromatic carbocycles. The fourth-order valence-corrected chi connectivity index (χ4v) is 6.67. The van der Waals surface area contributed by atoms with E-state index in [1.54, 1.807) is 11.3 Å². The third-order valence-electron chi connectivity index (χ3n) is 7.38. The number of methoxy groups -OCH3 is 1. The van der Waals surface area contributed by atoms with Crippen molar-refractivity contribution >= 4 is 23.0 Å². The van der Waals surface area contributed by atoms with E-state index in [0.29, 0.717) is 25.0 Å². The van der Waals surface area contributed by atoms with Crippen LogP contribution in [0.25, 0.3) is 0 Å². The van der Waals surface area contributed by atoms with E-state index in [9.17, 15) is 4.79 Å².